The zero-order valence-electron chi connectivity index (χ0n) is 15.7. The van der Waals surface area contributed by atoms with Gasteiger partial charge in [0.15, 0.2) is 0 Å². The first-order valence-electron chi connectivity index (χ1n) is 8.80. The number of nitrogens with one attached hydrogen (secondary N) is 1. The second-order valence-corrected chi connectivity index (χ2v) is 8.08. The average molecular weight is 402 g/mol. The van der Waals surface area contributed by atoms with Crippen LogP contribution in [-0.4, -0.2) is 40.5 Å². The minimum Gasteiger partial charge on any atom is -0.356 e. The van der Waals surface area contributed by atoms with Crippen LogP contribution in [0.2, 0.25) is 0 Å². The van der Waals surface area contributed by atoms with Crippen LogP contribution in [0, 0.1) is 13.8 Å². The van der Waals surface area contributed by atoms with Crippen molar-refractivity contribution in [2.45, 2.75) is 38.0 Å². The Morgan fingerprint density at radius 3 is 2.57 bits per heavy atom. The third-order valence-corrected chi connectivity index (χ3v) is 5.51. The zero-order valence-corrected chi connectivity index (χ0v) is 16.5. The van der Waals surface area contributed by atoms with Crippen molar-refractivity contribution in [1.82, 2.24) is 24.9 Å². The number of nitrogens with zero attached hydrogens (tertiary/aromatic N) is 4. The van der Waals surface area contributed by atoms with E-state index < -0.39 is 10.0 Å². The van der Waals surface area contributed by atoms with E-state index in [4.69, 9.17) is 5.14 Å². The molecule has 0 radical (unpaired) electrons. The molecule has 0 atom stereocenters. The van der Waals surface area contributed by atoms with Gasteiger partial charge in [0.1, 0.15) is 6.33 Å². The molecule has 2 aromatic heterocycles. The van der Waals surface area contributed by atoms with Gasteiger partial charge in [-0.2, -0.15) is 10.1 Å². The number of hydrogen-bond donors (Lipinski definition) is 2. The van der Waals surface area contributed by atoms with E-state index >= 15 is 0 Å². The lowest BCUT2D eigenvalue weighted by molar-refractivity contribution is -0.121. The predicted molar refractivity (Wildman–Crippen MR) is 103 cm³/mol. The highest BCUT2D eigenvalue weighted by molar-refractivity contribution is 7.89. The minimum atomic E-state index is -3.69. The minimum absolute atomic E-state index is 0.0568. The number of amides is 1. The van der Waals surface area contributed by atoms with Crippen LogP contribution in [0.25, 0.3) is 5.78 Å². The molecular formula is C18H22N6O3S. The molecule has 1 aromatic carbocycles. The molecule has 0 saturated heterocycles. The van der Waals surface area contributed by atoms with Gasteiger partial charge in [0.05, 0.1) is 4.90 Å². The molecule has 0 fully saturated rings. The van der Waals surface area contributed by atoms with Crippen LogP contribution < -0.4 is 10.5 Å². The summed E-state index contributed by atoms with van der Waals surface area (Å²) in [5, 5.41) is 12.1. The Bertz CT molecular complexity index is 1110. The van der Waals surface area contributed by atoms with E-state index in [1.807, 2.05) is 13.8 Å². The maximum Gasteiger partial charge on any atom is 0.252 e. The van der Waals surface area contributed by atoms with E-state index in [9.17, 15) is 13.2 Å². The van der Waals surface area contributed by atoms with Gasteiger partial charge in [-0.05, 0) is 49.9 Å². The molecule has 28 heavy (non-hydrogen) atoms. The van der Waals surface area contributed by atoms with Crippen molar-refractivity contribution in [3.8, 4) is 0 Å². The van der Waals surface area contributed by atoms with Crippen LogP contribution in [-0.2, 0) is 27.7 Å². The van der Waals surface area contributed by atoms with Gasteiger partial charge in [0.25, 0.3) is 5.78 Å². The number of fused-ring (bicyclic) bond motifs is 1. The molecular weight excluding hydrogens is 380 g/mol. The van der Waals surface area contributed by atoms with E-state index in [-0.39, 0.29) is 10.8 Å². The first kappa shape index (κ1) is 19.9. The summed E-state index contributed by atoms with van der Waals surface area (Å²) in [7, 11) is -3.69. The number of carbonyl (C=O) groups excluding carboxylic acids is 1. The fourth-order valence-electron chi connectivity index (χ4n) is 3.04. The van der Waals surface area contributed by atoms with Gasteiger partial charge in [-0.25, -0.2) is 23.1 Å². The van der Waals surface area contributed by atoms with Crippen LogP contribution in [0.5, 0.6) is 0 Å². The van der Waals surface area contributed by atoms with E-state index in [1.165, 1.54) is 18.5 Å². The second-order valence-electron chi connectivity index (χ2n) is 6.52. The molecule has 2 heterocycles. The first-order chi connectivity index (χ1) is 13.3. The molecule has 3 aromatic rings. The third-order valence-electron chi connectivity index (χ3n) is 4.58. The van der Waals surface area contributed by atoms with Crippen molar-refractivity contribution < 1.29 is 13.2 Å². The molecule has 0 unspecified atom stereocenters. The monoisotopic (exact) mass is 402 g/mol. The van der Waals surface area contributed by atoms with Crippen molar-refractivity contribution in [1.29, 1.82) is 0 Å². The lowest BCUT2D eigenvalue weighted by Crippen LogP contribution is -2.26. The number of carbonyl (C=O) groups is 1. The van der Waals surface area contributed by atoms with E-state index in [0.29, 0.717) is 31.6 Å². The van der Waals surface area contributed by atoms with Gasteiger partial charge >= 0.3 is 0 Å². The summed E-state index contributed by atoms with van der Waals surface area (Å²) in [5.41, 5.74) is 3.69. The fourth-order valence-corrected chi connectivity index (χ4v) is 3.55. The predicted octanol–water partition coefficient (Wildman–Crippen LogP) is 0.680. The maximum absolute atomic E-state index is 12.2. The smallest absolute Gasteiger partial charge is 0.252 e. The molecule has 9 nitrogen and oxygen atoms in total. The average Bonchev–Trinajstić information content (AvgIpc) is 3.09. The van der Waals surface area contributed by atoms with Gasteiger partial charge in [-0.1, -0.05) is 12.1 Å². The standard InChI is InChI=1S/C18H22N6O3S/c1-12-16(13(2)24-18(23-12)21-11-22-24)7-8-17(25)20-10-9-14-3-5-15(6-4-14)28(19,26)27/h3-6,11H,7-10H2,1-2H3,(H,20,25)(H2,19,26,27). The Labute approximate surface area is 163 Å². The van der Waals surface area contributed by atoms with Gasteiger partial charge in [-0.15, -0.1) is 0 Å². The molecule has 0 spiro atoms. The largest absolute Gasteiger partial charge is 0.356 e. The molecule has 0 bridgehead atoms. The normalized spacial score (nSPS) is 11.7. The molecule has 3 rings (SSSR count). The van der Waals surface area contributed by atoms with E-state index in [0.717, 1.165) is 22.5 Å². The van der Waals surface area contributed by atoms with Gasteiger partial charge in [0, 0.05) is 24.4 Å². The van der Waals surface area contributed by atoms with Crippen LogP contribution in [0.15, 0.2) is 35.5 Å². The summed E-state index contributed by atoms with van der Waals surface area (Å²) >= 11 is 0. The topological polar surface area (TPSA) is 132 Å². The fraction of sp³-hybridized carbons (Fsp3) is 0.333. The lowest BCUT2D eigenvalue weighted by atomic mass is 10.1. The number of benzene rings is 1. The summed E-state index contributed by atoms with van der Waals surface area (Å²) in [6, 6.07) is 6.31. The zero-order chi connectivity index (χ0) is 20.3. The first-order valence-corrected chi connectivity index (χ1v) is 10.3. The second kappa shape index (κ2) is 8.03. The van der Waals surface area contributed by atoms with E-state index in [1.54, 1.807) is 16.6 Å². The highest BCUT2D eigenvalue weighted by atomic mass is 32.2. The van der Waals surface area contributed by atoms with Gasteiger partial charge in [0.2, 0.25) is 15.9 Å². The van der Waals surface area contributed by atoms with Crippen LogP contribution in [0.3, 0.4) is 0 Å². The van der Waals surface area contributed by atoms with Crippen molar-refractivity contribution >= 4 is 21.7 Å². The van der Waals surface area contributed by atoms with Crippen molar-refractivity contribution in [2.75, 3.05) is 6.54 Å². The number of sulfonamides is 1. The Balaban J connectivity index is 1.51. The Morgan fingerprint density at radius 1 is 1.18 bits per heavy atom. The molecule has 3 N–H and O–H groups in total. The van der Waals surface area contributed by atoms with Gasteiger partial charge < -0.3 is 5.32 Å². The summed E-state index contributed by atoms with van der Waals surface area (Å²) in [5.74, 6) is 0.496. The molecule has 0 aliphatic carbocycles. The highest BCUT2D eigenvalue weighted by Gasteiger charge is 2.12. The summed E-state index contributed by atoms with van der Waals surface area (Å²) < 4.78 is 24.2. The number of hydrogen-bond acceptors (Lipinski definition) is 6. The SMILES string of the molecule is Cc1nc2ncnn2c(C)c1CCC(=O)NCCc1ccc(S(N)(=O)=O)cc1. The number of nitrogens with two attached hydrogens (primary N) is 1. The Kier molecular flexibility index (Phi) is 5.71. The maximum atomic E-state index is 12.2. The number of primary sulfonamides is 1. The summed E-state index contributed by atoms with van der Waals surface area (Å²) in [6.07, 6.45) is 2.96. The summed E-state index contributed by atoms with van der Waals surface area (Å²) in [4.78, 5) is 20.7. The van der Waals surface area contributed by atoms with Crippen LogP contribution >= 0.6 is 0 Å². The van der Waals surface area contributed by atoms with Crippen molar-refractivity contribution in [3.63, 3.8) is 0 Å². The van der Waals surface area contributed by atoms with Gasteiger partial charge in [-0.3, -0.25) is 4.79 Å². The number of aryl methyl sites for hydroxylation is 2. The van der Waals surface area contributed by atoms with Crippen molar-refractivity contribution in [3.05, 3.63) is 53.1 Å². The Morgan fingerprint density at radius 2 is 1.89 bits per heavy atom. The van der Waals surface area contributed by atoms with Crippen LogP contribution in [0.4, 0.5) is 0 Å². The molecule has 0 saturated carbocycles. The molecule has 10 heteroatoms. The van der Waals surface area contributed by atoms with Crippen LogP contribution in [0.1, 0.15) is 28.9 Å². The quantitative estimate of drug-likeness (QED) is 0.597. The number of aromatic nitrogens is 4. The molecule has 1 amide bonds. The van der Waals surface area contributed by atoms with E-state index in [2.05, 4.69) is 20.4 Å². The molecule has 0 aliphatic heterocycles. The Hall–Kier alpha value is -2.85. The number of rotatable bonds is 7. The summed E-state index contributed by atoms with van der Waals surface area (Å²) in [6.45, 7) is 4.31. The molecule has 148 valence electrons. The highest BCUT2D eigenvalue weighted by Crippen LogP contribution is 2.15. The van der Waals surface area contributed by atoms with Crippen molar-refractivity contribution in [2.24, 2.45) is 5.14 Å². The molecule has 0 aliphatic rings. The third kappa shape index (κ3) is 4.52. The lowest BCUT2D eigenvalue weighted by Gasteiger charge is -2.10.